The van der Waals surface area contributed by atoms with Gasteiger partial charge in [-0.15, -0.1) is 11.3 Å². The summed E-state index contributed by atoms with van der Waals surface area (Å²) < 4.78 is 1.43. The standard InChI is InChI=1S/C24H35N3OS/c1-26(2)24(28)25-20-8-6-18(7-9-20)10-14-27-15-11-19(12-16-27)21-4-3-5-23-22(21)13-17-29-23/h3-5,13,17-20H,6-12,14-16H2,1-2H3,(H,25,28). The lowest BCUT2D eigenvalue weighted by Crippen LogP contribution is -2.43. The highest BCUT2D eigenvalue weighted by molar-refractivity contribution is 7.17. The van der Waals surface area contributed by atoms with Gasteiger partial charge in [0.25, 0.3) is 0 Å². The molecule has 1 saturated carbocycles. The number of rotatable bonds is 5. The van der Waals surface area contributed by atoms with Gasteiger partial charge in [-0.25, -0.2) is 4.79 Å². The summed E-state index contributed by atoms with van der Waals surface area (Å²) in [5.74, 6) is 1.56. The fourth-order valence-electron chi connectivity index (χ4n) is 5.11. The molecule has 0 unspecified atom stereocenters. The van der Waals surface area contributed by atoms with Gasteiger partial charge in [-0.1, -0.05) is 12.1 Å². The molecule has 29 heavy (non-hydrogen) atoms. The predicted octanol–water partition coefficient (Wildman–Crippen LogP) is 5.30. The molecule has 1 N–H and O–H groups in total. The molecule has 1 aliphatic carbocycles. The maximum atomic E-state index is 11.8. The van der Waals surface area contributed by atoms with Crippen molar-refractivity contribution in [3.05, 3.63) is 35.2 Å². The van der Waals surface area contributed by atoms with Crippen LogP contribution in [0.1, 0.15) is 56.4 Å². The minimum Gasteiger partial charge on any atom is -0.335 e. The largest absolute Gasteiger partial charge is 0.335 e. The third kappa shape index (κ3) is 5.13. The molecule has 4 rings (SSSR count). The summed E-state index contributed by atoms with van der Waals surface area (Å²) in [7, 11) is 3.62. The number of thiophene rings is 1. The number of amides is 2. The molecule has 0 atom stereocenters. The zero-order chi connectivity index (χ0) is 20.2. The number of fused-ring (bicyclic) bond motifs is 1. The number of urea groups is 1. The molecule has 4 nitrogen and oxygen atoms in total. The Hall–Kier alpha value is -1.59. The zero-order valence-corrected chi connectivity index (χ0v) is 18.7. The average Bonchev–Trinajstić information content (AvgIpc) is 3.22. The number of piperidine rings is 1. The number of nitrogens with one attached hydrogen (secondary N) is 1. The van der Waals surface area contributed by atoms with Crippen LogP contribution in [0.5, 0.6) is 0 Å². The van der Waals surface area contributed by atoms with Gasteiger partial charge in [0.2, 0.25) is 0 Å². The molecule has 0 spiro atoms. The van der Waals surface area contributed by atoms with Gasteiger partial charge in [-0.3, -0.25) is 0 Å². The lowest BCUT2D eigenvalue weighted by Gasteiger charge is -2.35. The molecule has 1 aliphatic heterocycles. The van der Waals surface area contributed by atoms with Crippen LogP contribution in [0.3, 0.4) is 0 Å². The summed E-state index contributed by atoms with van der Waals surface area (Å²) in [5, 5.41) is 6.86. The highest BCUT2D eigenvalue weighted by atomic mass is 32.1. The summed E-state index contributed by atoms with van der Waals surface area (Å²) >= 11 is 1.86. The van der Waals surface area contributed by atoms with Crippen LogP contribution in [-0.2, 0) is 0 Å². The van der Waals surface area contributed by atoms with E-state index in [4.69, 9.17) is 0 Å². The second-order valence-electron chi connectivity index (χ2n) is 9.15. The van der Waals surface area contributed by atoms with Crippen LogP contribution in [0, 0.1) is 5.92 Å². The normalized spacial score (nSPS) is 23.9. The average molecular weight is 414 g/mol. The summed E-state index contributed by atoms with van der Waals surface area (Å²) in [6, 6.07) is 9.56. The fourth-order valence-corrected chi connectivity index (χ4v) is 5.93. The number of likely N-dealkylation sites (tertiary alicyclic amines) is 1. The van der Waals surface area contributed by atoms with E-state index in [2.05, 4.69) is 39.9 Å². The van der Waals surface area contributed by atoms with Crippen molar-refractivity contribution in [2.24, 2.45) is 5.92 Å². The van der Waals surface area contributed by atoms with E-state index < -0.39 is 0 Å². The summed E-state index contributed by atoms with van der Waals surface area (Å²) in [6.07, 6.45) is 8.69. The number of carbonyl (C=O) groups excluding carboxylic acids is 1. The Kier molecular flexibility index (Phi) is 6.76. The molecule has 1 saturated heterocycles. The minimum atomic E-state index is 0.0504. The lowest BCUT2D eigenvalue weighted by atomic mass is 9.83. The van der Waals surface area contributed by atoms with Crippen LogP contribution in [0.2, 0.25) is 0 Å². The van der Waals surface area contributed by atoms with Crippen LogP contribution in [-0.4, -0.2) is 55.6 Å². The van der Waals surface area contributed by atoms with Gasteiger partial charge in [0, 0.05) is 24.8 Å². The Morgan fingerprint density at radius 1 is 1.10 bits per heavy atom. The van der Waals surface area contributed by atoms with Gasteiger partial charge < -0.3 is 15.1 Å². The first kappa shape index (κ1) is 20.7. The fraction of sp³-hybridized carbons (Fsp3) is 0.625. The highest BCUT2D eigenvalue weighted by Crippen LogP contribution is 2.35. The first-order valence-corrected chi connectivity index (χ1v) is 12.1. The smallest absolute Gasteiger partial charge is 0.317 e. The van der Waals surface area contributed by atoms with E-state index in [0.717, 1.165) is 24.7 Å². The maximum absolute atomic E-state index is 11.8. The molecule has 1 aromatic carbocycles. The van der Waals surface area contributed by atoms with Crippen molar-refractivity contribution in [2.45, 2.75) is 56.9 Å². The van der Waals surface area contributed by atoms with E-state index in [1.54, 1.807) is 10.5 Å². The molecule has 2 heterocycles. The third-order valence-corrected chi connectivity index (χ3v) is 7.87. The summed E-state index contributed by atoms with van der Waals surface area (Å²) in [6.45, 7) is 3.72. The Bertz CT molecular complexity index is 801. The van der Waals surface area contributed by atoms with Crippen molar-refractivity contribution in [3.8, 4) is 0 Å². The number of hydrogen-bond acceptors (Lipinski definition) is 3. The molecule has 0 radical (unpaired) electrons. The first-order valence-electron chi connectivity index (χ1n) is 11.3. The van der Waals surface area contributed by atoms with Crippen LogP contribution >= 0.6 is 11.3 Å². The van der Waals surface area contributed by atoms with Gasteiger partial charge in [0.05, 0.1) is 0 Å². The monoisotopic (exact) mass is 413 g/mol. The van der Waals surface area contributed by atoms with Crippen molar-refractivity contribution in [2.75, 3.05) is 33.7 Å². The molecule has 0 bridgehead atoms. The van der Waals surface area contributed by atoms with Crippen molar-refractivity contribution in [1.82, 2.24) is 15.1 Å². The highest BCUT2D eigenvalue weighted by Gasteiger charge is 2.25. The van der Waals surface area contributed by atoms with Gasteiger partial charge in [0.1, 0.15) is 0 Å². The van der Waals surface area contributed by atoms with Crippen molar-refractivity contribution in [3.63, 3.8) is 0 Å². The van der Waals surface area contributed by atoms with E-state index >= 15 is 0 Å². The van der Waals surface area contributed by atoms with E-state index in [1.165, 1.54) is 61.8 Å². The van der Waals surface area contributed by atoms with Crippen LogP contribution in [0.25, 0.3) is 10.1 Å². The molecular weight excluding hydrogens is 378 g/mol. The van der Waals surface area contributed by atoms with Gasteiger partial charge in [-0.05, 0) is 105 Å². The van der Waals surface area contributed by atoms with Gasteiger partial charge in [-0.2, -0.15) is 0 Å². The molecule has 1 aromatic heterocycles. The van der Waals surface area contributed by atoms with Crippen molar-refractivity contribution in [1.29, 1.82) is 0 Å². The van der Waals surface area contributed by atoms with E-state index in [0.29, 0.717) is 6.04 Å². The second-order valence-corrected chi connectivity index (χ2v) is 10.1. The molecule has 2 aromatic rings. The first-order chi connectivity index (χ1) is 14.1. The molecule has 2 aliphatic rings. The Morgan fingerprint density at radius 3 is 2.59 bits per heavy atom. The summed E-state index contributed by atoms with van der Waals surface area (Å²) in [4.78, 5) is 16.1. The quantitative estimate of drug-likeness (QED) is 0.722. The second kappa shape index (κ2) is 9.48. The number of carbonyl (C=O) groups is 1. The predicted molar refractivity (Wildman–Crippen MR) is 123 cm³/mol. The third-order valence-electron chi connectivity index (χ3n) is 6.99. The topological polar surface area (TPSA) is 35.6 Å². The molecule has 2 fully saturated rings. The van der Waals surface area contributed by atoms with E-state index in [1.807, 2.05) is 25.4 Å². The van der Waals surface area contributed by atoms with Crippen LogP contribution < -0.4 is 5.32 Å². The Balaban J connectivity index is 1.18. The summed E-state index contributed by atoms with van der Waals surface area (Å²) in [5.41, 5.74) is 1.57. The zero-order valence-electron chi connectivity index (χ0n) is 17.9. The number of benzene rings is 1. The maximum Gasteiger partial charge on any atom is 0.317 e. The Labute approximate surface area is 179 Å². The Morgan fingerprint density at radius 2 is 1.86 bits per heavy atom. The van der Waals surface area contributed by atoms with Crippen LogP contribution in [0.15, 0.2) is 29.6 Å². The molecule has 2 amide bonds. The van der Waals surface area contributed by atoms with Crippen molar-refractivity contribution < 1.29 is 4.79 Å². The van der Waals surface area contributed by atoms with E-state index in [-0.39, 0.29) is 6.03 Å². The van der Waals surface area contributed by atoms with E-state index in [9.17, 15) is 4.79 Å². The number of nitrogens with zero attached hydrogens (tertiary/aromatic N) is 2. The lowest BCUT2D eigenvalue weighted by molar-refractivity contribution is 0.180. The van der Waals surface area contributed by atoms with Gasteiger partial charge in [0.15, 0.2) is 0 Å². The SMILES string of the molecule is CN(C)C(=O)NC1CCC(CCN2CCC(c3cccc4sccc34)CC2)CC1. The van der Waals surface area contributed by atoms with Crippen LogP contribution in [0.4, 0.5) is 4.79 Å². The molecule has 5 heteroatoms. The van der Waals surface area contributed by atoms with Gasteiger partial charge >= 0.3 is 6.03 Å². The molecular formula is C24H35N3OS. The van der Waals surface area contributed by atoms with Crippen molar-refractivity contribution >= 4 is 27.5 Å². The molecule has 158 valence electrons. The number of hydrogen-bond donors (Lipinski definition) is 1. The minimum absolute atomic E-state index is 0.0504.